The largest absolute Gasteiger partial charge is 0.494 e. The Morgan fingerprint density at radius 1 is 1.35 bits per heavy atom. The molecule has 0 saturated heterocycles. The quantitative estimate of drug-likeness (QED) is 0.707. The molecule has 112 valence electrons. The molecule has 0 aliphatic rings. The summed E-state index contributed by atoms with van der Waals surface area (Å²) in [6.07, 6.45) is -4.05. The van der Waals surface area contributed by atoms with Crippen LogP contribution in [0, 0.1) is 0 Å². The molecule has 1 amide bonds. The molecule has 1 unspecified atom stereocenters. The normalized spacial score (nSPS) is 12.2. The molecule has 1 rings (SSSR count). The van der Waals surface area contributed by atoms with Crippen LogP contribution in [0.4, 0.5) is 8.78 Å². The van der Waals surface area contributed by atoms with E-state index in [2.05, 4.69) is 21.2 Å². The third-order valence-electron chi connectivity index (χ3n) is 2.43. The highest BCUT2D eigenvalue weighted by Crippen LogP contribution is 2.16. The molecule has 0 fully saturated rings. The number of hydrogen-bond acceptors (Lipinski definition) is 3. The summed E-state index contributed by atoms with van der Waals surface area (Å²) in [5.41, 5.74) is 0. The lowest BCUT2D eigenvalue weighted by molar-refractivity contribution is -0.122. The predicted octanol–water partition coefficient (Wildman–Crippen LogP) is 2.35. The fourth-order valence-electron chi connectivity index (χ4n) is 1.35. The minimum Gasteiger partial charge on any atom is -0.494 e. The standard InChI is InChI=1S/C13H16BrF2NO3/c14-9-3-5-10(6-4-9)20-7-1-2-12(19)17-8-11(18)13(15)16/h3-6,11,13,18H,1-2,7-8H2,(H,17,19). The van der Waals surface area contributed by atoms with Crippen LogP contribution in [-0.4, -0.2) is 36.7 Å². The van der Waals surface area contributed by atoms with Gasteiger partial charge in [-0.15, -0.1) is 0 Å². The Morgan fingerprint density at radius 2 is 2.00 bits per heavy atom. The van der Waals surface area contributed by atoms with E-state index in [4.69, 9.17) is 9.84 Å². The van der Waals surface area contributed by atoms with Crippen LogP contribution in [-0.2, 0) is 4.79 Å². The molecule has 0 saturated carbocycles. The zero-order valence-electron chi connectivity index (χ0n) is 10.7. The van der Waals surface area contributed by atoms with Gasteiger partial charge in [0.15, 0.2) is 0 Å². The van der Waals surface area contributed by atoms with Crippen LogP contribution in [0.2, 0.25) is 0 Å². The van der Waals surface area contributed by atoms with Gasteiger partial charge in [0.1, 0.15) is 11.9 Å². The van der Waals surface area contributed by atoms with Gasteiger partial charge in [-0.05, 0) is 30.7 Å². The van der Waals surface area contributed by atoms with Crippen molar-refractivity contribution in [3.05, 3.63) is 28.7 Å². The van der Waals surface area contributed by atoms with Crippen LogP contribution in [0.3, 0.4) is 0 Å². The number of rotatable bonds is 8. The molecule has 1 aromatic carbocycles. The number of aliphatic hydroxyl groups excluding tert-OH is 1. The minimum atomic E-state index is -2.85. The summed E-state index contributed by atoms with van der Waals surface area (Å²) in [6, 6.07) is 7.27. The molecule has 4 nitrogen and oxygen atoms in total. The van der Waals surface area contributed by atoms with Gasteiger partial charge in [0.05, 0.1) is 6.61 Å². The molecule has 0 aliphatic carbocycles. The van der Waals surface area contributed by atoms with Crippen molar-refractivity contribution < 1.29 is 23.4 Å². The van der Waals surface area contributed by atoms with Crippen LogP contribution in [0.5, 0.6) is 5.75 Å². The number of amides is 1. The molecule has 0 heterocycles. The summed E-state index contributed by atoms with van der Waals surface area (Å²) in [6.45, 7) is -0.0868. The van der Waals surface area contributed by atoms with E-state index in [-0.39, 0.29) is 12.3 Å². The molecule has 0 aromatic heterocycles. The first-order valence-electron chi connectivity index (χ1n) is 6.10. The summed E-state index contributed by atoms with van der Waals surface area (Å²) in [5, 5.41) is 11.1. The molecule has 7 heteroatoms. The van der Waals surface area contributed by atoms with E-state index in [0.29, 0.717) is 18.8 Å². The number of carbonyl (C=O) groups excluding carboxylic acids is 1. The second-order valence-corrected chi connectivity index (χ2v) is 5.03. The van der Waals surface area contributed by atoms with Gasteiger partial charge >= 0.3 is 0 Å². The Hall–Kier alpha value is -1.21. The molecule has 20 heavy (non-hydrogen) atoms. The summed E-state index contributed by atoms with van der Waals surface area (Å²) in [4.78, 5) is 11.3. The predicted molar refractivity (Wildman–Crippen MR) is 73.9 cm³/mol. The highest BCUT2D eigenvalue weighted by molar-refractivity contribution is 9.10. The smallest absolute Gasteiger partial charge is 0.265 e. The SMILES string of the molecule is O=C(CCCOc1ccc(Br)cc1)NCC(O)C(F)F. The van der Waals surface area contributed by atoms with E-state index in [1.165, 1.54) is 0 Å². The van der Waals surface area contributed by atoms with Crippen molar-refractivity contribution in [2.45, 2.75) is 25.4 Å². The average molecular weight is 352 g/mol. The highest BCUT2D eigenvalue weighted by atomic mass is 79.9. The Bertz CT molecular complexity index is 415. The zero-order valence-corrected chi connectivity index (χ0v) is 12.3. The third-order valence-corrected chi connectivity index (χ3v) is 2.96. The maximum Gasteiger partial charge on any atom is 0.265 e. The average Bonchev–Trinajstić information content (AvgIpc) is 2.42. The monoisotopic (exact) mass is 351 g/mol. The maximum absolute atomic E-state index is 12.0. The van der Waals surface area contributed by atoms with Gasteiger partial charge < -0.3 is 15.2 Å². The number of benzene rings is 1. The fraction of sp³-hybridized carbons (Fsp3) is 0.462. The van der Waals surface area contributed by atoms with Crippen LogP contribution in [0.1, 0.15) is 12.8 Å². The summed E-state index contributed by atoms with van der Waals surface area (Å²) >= 11 is 3.30. The number of hydrogen-bond donors (Lipinski definition) is 2. The Labute approximate surface area is 124 Å². The Balaban J connectivity index is 2.11. The lowest BCUT2D eigenvalue weighted by Gasteiger charge is -2.10. The molecule has 0 bridgehead atoms. The molecule has 1 atom stereocenters. The Kier molecular flexibility index (Phi) is 7.46. The highest BCUT2D eigenvalue weighted by Gasteiger charge is 2.17. The molecular formula is C13H16BrF2NO3. The molecule has 2 N–H and O–H groups in total. The van der Waals surface area contributed by atoms with Crippen LogP contribution < -0.4 is 10.1 Å². The van der Waals surface area contributed by atoms with Gasteiger partial charge in [0, 0.05) is 17.4 Å². The molecule has 0 spiro atoms. The first-order valence-corrected chi connectivity index (χ1v) is 6.89. The second-order valence-electron chi connectivity index (χ2n) is 4.11. The minimum absolute atomic E-state index is 0.159. The maximum atomic E-state index is 12.0. The van der Waals surface area contributed by atoms with E-state index < -0.39 is 19.1 Å². The van der Waals surface area contributed by atoms with Gasteiger partial charge in [0.2, 0.25) is 5.91 Å². The summed E-state index contributed by atoms with van der Waals surface area (Å²) in [5.74, 6) is 0.311. The van der Waals surface area contributed by atoms with E-state index in [1.54, 1.807) is 12.1 Å². The Morgan fingerprint density at radius 3 is 2.60 bits per heavy atom. The fourth-order valence-corrected chi connectivity index (χ4v) is 1.61. The number of aliphatic hydroxyl groups is 1. The number of nitrogens with one attached hydrogen (secondary N) is 1. The topological polar surface area (TPSA) is 58.6 Å². The van der Waals surface area contributed by atoms with Crippen molar-refractivity contribution in [3.8, 4) is 5.75 Å². The molecular weight excluding hydrogens is 336 g/mol. The molecule has 0 radical (unpaired) electrons. The summed E-state index contributed by atoms with van der Waals surface area (Å²) in [7, 11) is 0. The van der Waals surface area contributed by atoms with Crippen molar-refractivity contribution in [3.63, 3.8) is 0 Å². The van der Waals surface area contributed by atoms with Crippen molar-refractivity contribution in [2.75, 3.05) is 13.2 Å². The van der Waals surface area contributed by atoms with Crippen LogP contribution in [0.25, 0.3) is 0 Å². The van der Waals surface area contributed by atoms with E-state index >= 15 is 0 Å². The molecule has 0 aliphatic heterocycles. The lowest BCUT2D eigenvalue weighted by atomic mass is 10.3. The van der Waals surface area contributed by atoms with Crippen LogP contribution >= 0.6 is 15.9 Å². The van der Waals surface area contributed by atoms with E-state index in [9.17, 15) is 13.6 Å². The van der Waals surface area contributed by atoms with E-state index in [0.717, 1.165) is 4.47 Å². The van der Waals surface area contributed by atoms with Crippen LogP contribution in [0.15, 0.2) is 28.7 Å². The number of ether oxygens (including phenoxy) is 1. The van der Waals surface area contributed by atoms with Gasteiger partial charge in [0.25, 0.3) is 6.43 Å². The first-order chi connectivity index (χ1) is 9.49. The summed E-state index contributed by atoms with van der Waals surface area (Å²) < 4.78 is 30.3. The van der Waals surface area contributed by atoms with Gasteiger partial charge in [-0.2, -0.15) is 0 Å². The number of alkyl halides is 2. The van der Waals surface area contributed by atoms with Crippen molar-refractivity contribution >= 4 is 21.8 Å². The van der Waals surface area contributed by atoms with Gasteiger partial charge in [-0.1, -0.05) is 15.9 Å². The first kappa shape index (κ1) is 16.8. The lowest BCUT2D eigenvalue weighted by Crippen LogP contribution is -2.35. The van der Waals surface area contributed by atoms with Crippen molar-refractivity contribution in [1.29, 1.82) is 0 Å². The zero-order chi connectivity index (χ0) is 15.0. The number of halogens is 3. The van der Waals surface area contributed by atoms with Gasteiger partial charge in [-0.25, -0.2) is 8.78 Å². The van der Waals surface area contributed by atoms with Crippen molar-refractivity contribution in [2.24, 2.45) is 0 Å². The second kappa shape index (κ2) is 8.86. The third kappa shape index (κ3) is 6.81. The van der Waals surface area contributed by atoms with Crippen molar-refractivity contribution in [1.82, 2.24) is 5.32 Å². The molecule has 1 aromatic rings. The van der Waals surface area contributed by atoms with E-state index in [1.807, 2.05) is 12.1 Å². The van der Waals surface area contributed by atoms with Gasteiger partial charge in [-0.3, -0.25) is 4.79 Å². The number of carbonyl (C=O) groups is 1.